The maximum absolute atomic E-state index is 12.1. The molecule has 0 atom stereocenters. The lowest BCUT2D eigenvalue weighted by atomic mass is 9.93. The summed E-state index contributed by atoms with van der Waals surface area (Å²) in [5.74, 6) is -0.711. The molecule has 94 valence electrons. The molecule has 0 bridgehead atoms. The Labute approximate surface area is 101 Å². The number of esters is 1. The number of carbonyl (C=O) groups excluding carboxylic acids is 2. The van der Waals surface area contributed by atoms with Crippen LogP contribution < -0.4 is 0 Å². The van der Waals surface area contributed by atoms with E-state index in [1.54, 1.807) is 20.8 Å². The second-order valence-corrected chi connectivity index (χ2v) is 4.71. The van der Waals surface area contributed by atoms with Gasteiger partial charge in [-0.25, -0.2) is 0 Å². The highest BCUT2D eigenvalue weighted by Crippen LogP contribution is 2.30. The molecule has 0 heterocycles. The molecular formula is C12H18N2O3. The predicted molar refractivity (Wildman–Crippen MR) is 60.8 cm³/mol. The second-order valence-electron chi connectivity index (χ2n) is 4.71. The van der Waals surface area contributed by atoms with Crippen molar-refractivity contribution in [2.75, 3.05) is 13.2 Å². The highest BCUT2D eigenvalue weighted by molar-refractivity contribution is 5.88. The molecule has 0 N–H and O–H groups in total. The molecule has 0 aromatic carbocycles. The van der Waals surface area contributed by atoms with E-state index in [2.05, 4.69) is 0 Å². The minimum atomic E-state index is -1.09. The third kappa shape index (κ3) is 3.45. The summed E-state index contributed by atoms with van der Waals surface area (Å²) < 4.78 is 4.83. The second kappa shape index (κ2) is 5.17. The van der Waals surface area contributed by atoms with Crippen LogP contribution >= 0.6 is 0 Å². The first-order chi connectivity index (χ1) is 7.92. The predicted octanol–water partition coefficient (Wildman–Crippen LogP) is 1.09. The molecule has 0 radical (unpaired) electrons. The van der Waals surface area contributed by atoms with Crippen molar-refractivity contribution < 1.29 is 14.3 Å². The van der Waals surface area contributed by atoms with E-state index in [0.29, 0.717) is 6.61 Å². The quantitative estimate of drug-likeness (QED) is 0.672. The van der Waals surface area contributed by atoms with Gasteiger partial charge in [0.05, 0.1) is 12.7 Å². The van der Waals surface area contributed by atoms with Gasteiger partial charge in [-0.15, -0.1) is 0 Å². The summed E-state index contributed by atoms with van der Waals surface area (Å²) in [6, 6.07) is 2.06. The first-order valence-electron chi connectivity index (χ1n) is 5.80. The SMILES string of the molecule is CCOC(=O)CN(C(=O)C(C)(C)C#N)C1CC1. The highest BCUT2D eigenvalue weighted by Gasteiger charge is 2.40. The molecule has 1 saturated carbocycles. The summed E-state index contributed by atoms with van der Waals surface area (Å²) in [6.07, 6.45) is 1.79. The van der Waals surface area contributed by atoms with Crippen molar-refractivity contribution in [1.29, 1.82) is 5.26 Å². The Bertz CT molecular complexity index is 353. The van der Waals surface area contributed by atoms with Gasteiger partial charge in [-0.3, -0.25) is 9.59 Å². The normalized spacial score (nSPS) is 14.9. The van der Waals surface area contributed by atoms with E-state index in [9.17, 15) is 9.59 Å². The van der Waals surface area contributed by atoms with Crippen molar-refractivity contribution in [3.63, 3.8) is 0 Å². The van der Waals surface area contributed by atoms with Crippen molar-refractivity contribution in [1.82, 2.24) is 4.90 Å². The van der Waals surface area contributed by atoms with Gasteiger partial charge in [0.25, 0.3) is 0 Å². The Hall–Kier alpha value is -1.57. The van der Waals surface area contributed by atoms with Crippen LogP contribution in [0.3, 0.4) is 0 Å². The number of nitrogens with zero attached hydrogens (tertiary/aromatic N) is 2. The molecule has 0 aromatic rings. The Balaban J connectivity index is 2.70. The van der Waals surface area contributed by atoms with Crippen LogP contribution in [0.4, 0.5) is 0 Å². The van der Waals surface area contributed by atoms with Crippen LogP contribution in [0.2, 0.25) is 0 Å². The average Bonchev–Trinajstić information content (AvgIpc) is 3.09. The van der Waals surface area contributed by atoms with Crippen LogP contribution in [-0.2, 0) is 14.3 Å². The Kier molecular flexibility index (Phi) is 4.11. The number of hydrogen-bond acceptors (Lipinski definition) is 4. The summed E-state index contributed by atoms with van der Waals surface area (Å²) >= 11 is 0. The monoisotopic (exact) mass is 238 g/mol. The van der Waals surface area contributed by atoms with E-state index in [1.165, 1.54) is 4.90 Å². The lowest BCUT2D eigenvalue weighted by Crippen LogP contribution is -2.44. The lowest BCUT2D eigenvalue weighted by Gasteiger charge is -2.26. The maximum Gasteiger partial charge on any atom is 0.325 e. The molecule has 1 rings (SSSR count). The Morgan fingerprint density at radius 2 is 2.06 bits per heavy atom. The average molecular weight is 238 g/mol. The number of hydrogen-bond donors (Lipinski definition) is 0. The fourth-order valence-corrected chi connectivity index (χ4v) is 1.51. The standard InChI is InChI=1S/C12H18N2O3/c1-4-17-10(15)7-14(9-5-6-9)11(16)12(2,3)8-13/h9H,4-7H2,1-3H3. The molecule has 0 unspecified atom stereocenters. The van der Waals surface area contributed by atoms with Gasteiger partial charge < -0.3 is 9.64 Å². The third-order valence-corrected chi connectivity index (χ3v) is 2.67. The van der Waals surface area contributed by atoms with E-state index in [1.807, 2.05) is 6.07 Å². The molecule has 1 aliphatic rings. The molecule has 0 aromatic heterocycles. The molecular weight excluding hydrogens is 220 g/mol. The van der Waals surface area contributed by atoms with Crippen LogP contribution in [0.15, 0.2) is 0 Å². The van der Waals surface area contributed by atoms with E-state index < -0.39 is 11.4 Å². The molecule has 1 fully saturated rings. The minimum absolute atomic E-state index is 0.0531. The van der Waals surface area contributed by atoms with Gasteiger partial charge in [0.15, 0.2) is 0 Å². The number of carbonyl (C=O) groups is 2. The molecule has 0 aliphatic heterocycles. The largest absolute Gasteiger partial charge is 0.465 e. The molecule has 0 spiro atoms. The van der Waals surface area contributed by atoms with E-state index in [4.69, 9.17) is 10.00 Å². The molecule has 1 aliphatic carbocycles. The molecule has 5 heteroatoms. The fourth-order valence-electron chi connectivity index (χ4n) is 1.51. The number of ether oxygens (including phenoxy) is 1. The van der Waals surface area contributed by atoms with Crippen molar-refractivity contribution in [2.45, 2.75) is 39.7 Å². The smallest absolute Gasteiger partial charge is 0.325 e. The van der Waals surface area contributed by atoms with Gasteiger partial charge in [-0.1, -0.05) is 0 Å². The van der Waals surface area contributed by atoms with Gasteiger partial charge in [-0.05, 0) is 33.6 Å². The third-order valence-electron chi connectivity index (χ3n) is 2.67. The van der Waals surface area contributed by atoms with Crippen molar-refractivity contribution >= 4 is 11.9 Å². The van der Waals surface area contributed by atoms with Crippen molar-refractivity contribution in [2.24, 2.45) is 5.41 Å². The fraction of sp³-hybridized carbons (Fsp3) is 0.750. The number of nitriles is 1. The maximum atomic E-state index is 12.1. The Morgan fingerprint density at radius 1 is 1.47 bits per heavy atom. The van der Waals surface area contributed by atoms with Crippen LogP contribution in [0.1, 0.15) is 33.6 Å². The number of rotatable bonds is 5. The zero-order valence-electron chi connectivity index (χ0n) is 10.5. The van der Waals surface area contributed by atoms with Gasteiger partial charge in [-0.2, -0.15) is 5.26 Å². The molecule has 17 heavy (non-hydrogen) atoms. The zero-order chi connectivity index (χ0) is 13.1. The van der Waals surface area contributed by atoms with E-state index >= 15 is 0 Å². The van der Waals surface area contributed by atoms with Crippen LogP contribution in [0.25, 0.3) is 0 Å². The van der Waals surface area contributed by atoms with E-state index in [-0.39, 0.29) is 18.5 Å². The van der Waals surface area contributed by atoms with Gasteiger partial charge in [0, 0.05) is 6.04 Å². The minimum Gasteiger partial charge on any atom is -0.465 e. The van der Waals surface area contributed by atoms with Crippen LogP contribution in [0, 0.1) is 16.7 Å². The lowest BCUT2D eigenvalue weighted by molar-refractivity contribution is -0.151. The van der Waals surface area contributed by atoms with E-state index in [0.717, 1.165) is 12.8 Å². The summed E-state index contributed by atoms with van der Waals surface area (Å²) in [5.41, 5.74) is -1.09. The van der Waals surface area contributed by atoms with Crippen LogP contribution in [-0.4, -0.2) is 36.0 Å². The highest BCUT2D eigenvalue weighted by atomic mass is 16.5. The summed E-state index contributed by atoms with van der Waals surface area (Å²) in [6.45, 7) is 5.10. The first-order valence-corrected chi connectivity index (χ1v) is 5.80. The van der Waals surface area contributed by atoms with Gasteiger partial charge in [0.2, 0.25) is 5.91 Å². The molecule has 5 nitrogen and oxygen atoms in total. The summed E-state index contributed by atoms with van der Waals surface area (Å²) in [7, 11) is 0. The topological polar surface area (TPSA) is 70.4 Å². The summed E-state index contributed by atoms with van der Waals surface area (Å²) in [5, 5.41) is 8.94. The molecule has 1 amide bonds. The van der Waals surface area contributed by atoms with Gasteiger partial charge >= 0.3 is 5.97 Å². The zero-order valence-corrected chi connectivity index (χ0v) is 10.5. The summed E-state index contributed by atoms with van der Waals surface area (Å²) in [4.78, 5) is 25.0. The first kappa shape index (κ1) is 13.5. The van der Waals surface area contributed by atoms with Gasteiger partial charge in [0.1, 0.15) is 12.0 Å². The number of amides is 1. The van der Waals surface area contributed by atoms with Crippen molar-refractivity contribution in [3.05, 3.63) is 0 Å². The van der Waals surface area contributed by atoms with Crippen LogP contribution in [0.5, 0.6) is 0 Å². The molecule has 0 saturated heterocycles. The van der Waals surface area contributed by atoms with Crippen molar-refractivity contribution in [3.8, 4) is 6.07 Å². The Morgan fingerprint density at radius 3 is 2.47 bits per heavy atom.